The quantitative estimate of drug-likeness (QED) is 0.732. The van der Waals surface area contributed by atoms with Gasteiger partial charge in [-0.1, -0.05) is 0 Å². The van der Waals surface area contributed by atoms with Crippen molar-refractivity contribution in [3.63, 3.8) is 0 Å². The number of carbonyl (C=O) groups excluding carboxylic acids is 1. The molecule has 1 aromatic heterocycles. The van der Waals surface area contributed by atoms with Gasteiger partial charge in [0.2, 0.25) is 5.91 Å². The lowest BCUT2D eigenvalue weighted by Gasteiger charge is -2.01. The van der Waals surface area contributed by atoms with E-state index in [1.807, 2.05) is 6.92 Å². The fraction of sp³-hybridized carbons (Fsp3) is 0.444. The number of rotatable bonds is 5. The number of amides is 1. The summed E-state index contributed by atoms with van der Waals surface area (Å²) >= 11 is 0. The number of hydrogen-bond acceptors (Lipinski definition) is 4. The van der Waals surface area contributed by atoms with Crippen molar-refractivity contribution in [2.45, 2.75) is 19.8 Å². The van der Waals surface area contributed by atoms with Crippen LogP contribution in [-0.4, -0.2) is 22.5 Å². The summed E-state index contributed by atoms with van der Waals surface area (Å²) in [7, 11) is 0. The monoisotopic (exact) mass is 195 g/mol. The molecule has 1 rings (SSSR count). The third-order valence-corrected chi connectivity index (χ3v) is 1.62. The highest BCUT2D eigenvalue weighted by Gasteiger charge is 1.99. The Morgan fingerprint density at radius 1 is 1.50 bits per heavy atom. The molecule has 0 aliphatic heterocycles. The summed E-state index contributed by atoms with van der Waals surface area (Å²) in [6, 6.07) is 0.357. The molecule has 0 atom stereocenters. The summed E-state index contributed by atoms with van der Waals surface area (Å²) in [4.78, 5) is 18.4. The van der Waals surface area contributed by atoms with Crippen molar-refractivity contribution in [2.24, 2.45) is 5.73 Å². The highest BCUT2D eigenvalue weighted by molar-refractivity contribution is 5.73. The highest BCUT2D eigenvalue weighted by atomic mass is 16.5. The Morgan fingerprint density at radius 2 is 2.14 bits per heavy atom. The molecular weight excluding hydrogens is 182 g/mol. The lowest BCUT2D eigenvalue weighted by molar-refractivity contribution is -0.117. The van der Waals surface area contributed by atoms with Crippen molar-refractivity contribution in [3.8, 4) is 6.01 Å². The molecule has 0 unspecified atom stereocenters. The summed E-state index contributed by atoms with van der Waals surface area (Å²) in [6.45, 7) is 2.41. The predicted molar refractivity (Wildman–Crippen MR) is 50.7 cm³/mol. The van der Waals surface area contributed by atoms with Crippen LogP contribution in [0, 0.1) is 0 Å². The summed E-state index contributed by atoms with van der Waals surface area (Å²) < 4.78 is 5.07. The normalized spacial score (nSPS) is 9.79. The Labute approximate surface area is 82.3 Å². The first-order chi connectivity index (χ1) is 6.72. The van der Waals surface area contributed by atoms with Crippen LogP contribution in [0.25, 0.3) is 0 Å². The second kappa shape index (κ2) is 5.16. The van der Waals surface area contributed by atoms with E-state index in [0.29, 0.717) is 25.5 Å². The summed E-state index contributed by atoms with van der Waals surface area (Å²) in [6.07, 6.45) is 4.17. The maximum absolute atomic E-state index is 10.5. The van der Waals surface area contributed by atoms with Gasteiger partial charge in [-0.2, -0.15) is 0 Å². The predicted octanol–water partition coefficient (Wildman–Crippen LogP) is 0.293. The average Bonchev–Trinajstić information content (AvgIpc) is 2.17. The van der Waals surface area contributed by atoms with Gasteiger partial charge in [-0.15, -0.1) is 0 Å². The van der Waals surface area contributed by atoms with E-state index in [0.717, 1.165) is 5.56 Å². The first-order valence-corrected chi connectivity index (χ1v) is 4.44. The maximum atomic E-state index is 10.5. The van der Waals surface area contributed by atoms with E-state index in [9.17, 15) is 4.79 Å². The lowest BCUT2D eigenvalue weighted by Crippen LogP contribution is -2.11. The number of ether oxygens (including phenoxy) is 1. The van der Waals surface area contributed by atoms with E-state index in [4.69, 9.17) is 10.5 Å². The zero-order valence-electron chi connectivity index (χ0n) is 8.06. The number of hydrogen-bond donors (Lipinski definition) is 1. The van der Waals surface area contributed by atoms with Crippen LogP contribution < -0.4 is 10.5 Å². The smallest absolute Gasteiger partial charge is 0.316 e. The van der Waals surface area contributed by atoms with Crippen LogP contribution in [0.4, 0.5) is 0 Å². The molecule has 0 spiro atoms. The van der Waals surface area contributed by atoms with Gasteiger partial charge in [0.25, 0.3) is 0 Å². The molecule has 1 heterocycles. The SMILES string of the molecule is CCOc1ncc(CCC(N)=O)cn1. The third kappa shape index (κ3) is 3.38. The molecule has 0 bridgehead atoms. The van der Waals surface area contributed by atoms with Crippen molar-refractivity contribution < 1.29 is 9.53 Å². The Hall–Kier alpha value is -1.65. The Bertz CT molecular complexity index is 297. The minimum atomic E-state index is -0.320. The van der Waals surface area contributed by atoms with Crippen LogP contribution in [0.5, 0.6) is 6.01 Å². The molecule has 5 heteroatoms. The molecule has 0 aliphatic carbocycles. The van der Waals surface area contributed by atoms with Crippen molar-refractivity contribution >= 4 is 5.91 Å². The van der Waals surface area contributed by atoms with E-state index >= 15 is 0 Å². The van der Waals surface area contributed by atoms with Crippen LogP contribution in [0.2, 0.25) is 0 Å². The Morgan fingerprint density at radius 3 is 2.64 bits per heavy atom. The fourth-order valence-corrected chi connectivity index (χ4v) is 0.943. The largest absolute Gasteiger partial charge is 0.464 e. The van der Waals surface area contributed by atoms with Crippen molar-refractivity contribution in [3.05, 3.63) is 18.0 Å². The first kappa shape index (κ1) is 10.4. The number of carbonyl (C=O) groups is 1. The minimum Gasteiger partial charge on any atom is -0.464 e. The summed E-state index contributed by atoms with van der Waals surface area (Å²) in [5, 5.41) is 0. The third-order valence-electron chi connectivity index (χ3n) is 1.62. The van der Waals surface area contributed by atoms with E-state index in [-0.39, 0.29) is 5.91 Å². The van der Waals surface area contributed by atoms with Gasteiger partial charge >= 0.3 is 6.01 Å². The summed E-state index contributed by atoms with van der Waals surface area (Å²) in [5.74, 6) is -0.320. The van der Waals surface area contributed by atoms with Gasteiger partial charge in [-0.3, -0.25) is 4.79 Å². The van der Waals surface area contributed by atoms with Crippen molar-refractivity contribution in [1.29, 1.82) is 0 Å². The second-order valence-corrected chi connectivity index (χ2v) is 2.77. The number of aromatic nitrogens is 2. The molecular formula is C9H13N3O2. The van der Waals surface area contributed by atoms with Crippen LogP contribution in [0.15, 0.2) is 12.4 Å². The van der Waals surface area contributed by atoms with Gasteiger partial charge in [0.15, 0.2) is 0 Å². The first-order valence-electron chi connectivity index (χ1n) is 4.44. The van der Waals surface area contributed by atoms with Gasteiger partial charge in [0.1, 0.15) is 0 Å². The lowest BCUT2D eigenvalue weighted by atomic mass is 10.2. The topological polar surface area (TPSA) is 78.1 Å². The van der Waals surface area contributed by atoms with Crippen LogP contribution in [0.3, 0.4) is 0 Å². The van der Waals surface area contributed by atoms with E-state index < -0.39 is 0 Å². The van der Waals surface area contributed by atoms with Gasteiger partial charge in [-0.05, 0) is 18.9 Å². The number of nitrogens with two attached hydrogens (primary N) is 1. The van der Waals surface area contributed by atoms with Gasteiger partial charge in [0, 0.05) is 18.8 Å². The fourth-order valence-electron chi connectivity index (χ4n) is 0.943. The Balaban J connectivity index is 2.50. The molecule has 0 saturated carbocycles. The van der Waals surface area contributed by atoms with E-state index in [1.165, 1.54) is 0 Å². The zero-order valence-corrected chi connectivity index (χ0v) is 8.06. The number of aryl methyl sites for hydroxylation is 1. The van der Waals surface area contributed by atoms with E-state index in [2.05, 4.69) is 9.97 Å². The molecule has 0 aliphatic rings. The molecule has 76 valence electrons. The molecule has 2 N–H and O–H groups in total. The van der Waals surface area contributed by atoms with Gasteiger partial charge in [-0.25, -0.2) is 9.97 Å². The second-order valence-electron chi connectivity index (χ2n) is 2.77. The van der Waals surface area contributed by atoms with E-state index in [1.54, 1.807) is 12.4 Å². The van der Waals surface area contributed by atoms with Crippen molar-refractivity contribution in [2.75, 3.05) is 6.61 Å². The molecule has 1 amide bonds. The maximum Gasteiger partial charge on any atom is 0.316 e. The molecule has 0 radical (unpaired) electrons. The minimum absolute atomic E-state index is 0.317. The van der Waals surface area contributed by atoms with Crippen LogP contribution in [-0.2, 0) is 11.2 Å². The van der Waals surface area contributed by atoms with Gasteiger partial charge in [0.05, 0.1) is 6.61 Å². The molecule has 5 nitrogen and oxygen atoms in total. The van der Waals surface area contributed by atoms with Crippen LogP contribution >= 0.6 is 0 Å². The number of primary amides is 1. The highest BCUT2D eigenvalue weighted by Crippen LogP contribution is 2.04. The number of nitrogens with zero attached hydrogens (tertiary/aromatic N) is 2. The molecule has 1 aromatic rings. The molecule has 0 aromatic carbocycles. The van der Waals surface area contributed by atoms with Gasteiger partial charge < -0.3 is 10.5 Å². The molecule has 0 saturated heterocycles. The Kier molecular flexibility index (Phi) is 3.84. The summed E-state index contributed by atoms with van der Waals surface area (Å²) in [5.41, 5.74) is 5.90. The average molecular weight is 195 g/mol. The van der Waals surface area contributed by atoms with Crippen molar-refractivity contribution in [1.82, 2.24) is 9.97 Å². The zero-order chi connectivity index (χ0) is 10.4. The molecule has 14 heavy (non-hydrogen) atoms. The standard InChI is InChI=1S/C9H13N3O2/c1-2-14-9-11-5-7(6-12-9)3-4-8(10)13/h5-6H,2-4H2,1H3,(H2,10,13). The van der Waals surface area contributed by atoms with Crippen LogP contribution in [0.1, 0.15) is 18.9 Å². The molecule has 0 fully saturated rings.